The molecule has 1 N–H and O–H groups in total. The van der Waals surface area contributed by atoms with Gasteiger partial charge in [0.05, 0.1) is 45.4 Å². The van der Waals surface area contributed by atoms with Gasteiger partial charge in [-0.25, -0.2) is 8.42 Å². The molecule has 2 aliphatic rings. The molecule has 1 saturated carbocycles. The van der Waals surface area contributed by atoms with E-state index in [1.807, 2.05) is 0 Å². The van der Waals surface area contributed by atoms with Crippen LogP contribution in [0, 0.1) is 11.8 Å². The van der Waals surface area contributed by atoms with Gasteiger partial charge in [-0.2, -0.15) is 0 Å². The molecule has 9 nitrogen and oxygen atoms in total. The number of hydrogen-bond acceptors (Lipinski definition) is 7. The van der Waals surface area contributed by atoms with E-state index < -0.39 is 10.0 Å². The van der Waals surface area contributed by atoms with Crippen molar-refractivity contribution in [2.24, 2.45) is 11.8 Å². The second-order valence-electron chi connectivity index (χ2n) is 8.42. The van der Waals surface area contributed by atoms with Gasteiger partial charge in [-0.15, -0.1) is 0 Å². The molecular formula is C24H28N2O7S. The van der Waals surface area contributed by atoms with Crippen molar-refractivity contribution in [3.63, 3.8) is 0 Å². The van der Waals surface area contributed by atoms with Gasteiger partial charge in [-0.1, -0.05) is 18.9 Å². The van der Waals surface area contributed by atoms with Gasteiger partial charge >= 0.3 is 0 Å². The smallest absolute Gasteiger partial charge is 0.265 e. The van der Waals surface area contributed by atoms with Crippen LogP contribution in [-0.2, 0) is 26.2 Å². The summed E-state index contributed by atoms with van der Waals surface area (Å²) in [5, 5.41) is 0. The maximum atomic E-state index is 13.3. The van der Waals surface area contributed by atoms with Crippen LogP contribution in [0.1, 0.15) is 31.2 Å². The van der Waals surface area contributed by atoms with Crippen LogP contribution in [0.3, 0.4) is 0 Å². The highest BCUT2D eigenvalue weighted by molar-refractivity contribution is 7.92. The predicted molar refractivity (Wildman–Crippen MR) is 124 cm³/mol. The van der Waals surface area contributed by atoms with Crippen LogP contribution >= 0.6 is 0 Å². The molecule has 1 heterocycles. The summed E-state index contributed by atoms with van der Waals surface area (Å²) < 4.78 is 44.9. The van der Waals surface area contributed by atoms with E-state index in [2.05, 4.69) is 4.72 Å². The van der Waals surface area contributed by atoms with Crippen LogP contribution in [0.4, 0.5) is 5.69 Å². The number of nitrogens with one attached hydrogen (secondary N) is 1. The summed E-state index contributed by atoms with van der Waals surface area (Å²) in [6.07, 6.45) is 3.33. The van der Waals surface area contributed by atoms with Crippen LogP contribution in [-0.4, -0.2) is 46.5 Å². The van der Waals surface area contributed by atoms with Crippen molar-refractivity contribution in [2.75, 3.05) is 26.1 Å². The molecule has 2 amide bonds. The Balaban J connectivity index is 1.64. The Labute approximate surface area is 199 Å². The molecule has 0 bridgehead atoms. The quantitative estimate of drug-likeness (QED) is 0.568. The number of sulfonamides is 1. The molecule has 34 heavy (non-hydrogen) atoms. The number of carbonyl (C=O) groups excluding carboxylic acids is 2. The number of nitrogens with zero attached hydrogens (tertiary/aromatic N) is 1. The first-order chi connectivity index (χ1) is 16.3. The first kappa shape index (κ1) is 23.9. The largest absolute Gasteiger partial charge is 0.497 e. The summed E-state index contributed by atoms with van der Waals surface area (Å²) in [4.78, 5) is 26.9. The van der Waals surface area contributed by atoms with Crippen molar-refractivity contribution in [2.45, 2.75) is 37.1 Å². The Bertz CT molecular complexity index is 1190. The molecule has 1 saturated heterocycles. The van der Waals surface area contributed by atoms with Crippen LogP contribution in [0.2, 0.25) is 0 Å². The molecule has 2 aromatic carbocycles. The fourth-order valence-electron chi connectivity index (χ4n) is 4.69. The van der Waals surface area contributed by atoms with Crippen molar-refractivity contribution in [3.8, 4) is 17.2 Å². The molecule has 4 rings (SSSR count). The van der Waals surface area contributed by atoms with Crippen LogP contribution in [0.25, 0.3) is 0 Å². The monoisotopic (exact) mass is 488 g/mol. The Morgan fingerprint density at radius 2 is 1.50 bits per heavy atom. The standard InChI is InChI=1S/C24H28N2O7S/c1-31-16-9-11-20(32-2)19(13-16)25-34(29,30)22-12-15(8-10-21(22)33-3)14-26-23(27)17-6-4-5-7-18(17)24(26)28/h8-13,17-18,25H,4-7,14H2,1-3H3. The molecule has 2 atom stereocenters. The number of likely N-dealkylation sites (tertiary alicyclic amines) is 1. The van der Waals surface area contributed by atoms with Crippen molar-refractivity contribution in [3.05, 3.63) is 42.0 Å². The number of amides is 2. The minimum absolute atomic E-state index is 0.0136. The Morgan fingerprint density at radius 3 is 2.09 bits per heavy atom. The lowest BCUT2D eigenvalue weighted by Crippen LogP contribution is -2.30. The maximum Gasteiger partial charge on any atom is 0.265 e. The molecule has 0 spiro atoms. The third-order valence-corrected chi connectivity index (χ3v) is 7.83. The predicted octanol–water partition coefficient (Wildman–Crippen LogP) is 3.19. The summed E-state index contributed by atoms with van der Waals surface area (Å²) in [7, 11) is 0.166. The Morgan fingerprint density at radius 1 is 0.882 bits per heavy atom. The van der Waals surface area contributed by atoms with Gasteiger partial charge in [0.25, 0.3) is 10.0 Å². The van der Waals surface area contributed by atoms with E-state index >= 15 is 0 Å². The number of ether oxygens (including phenoxy) is 3. The third kappa shape index (κ3) is 4.42. The molecule has 1 aliphatic heterocycles. The number of anilines is 1. The molecule has 10 heteroatoms. The van der Waals surface area contributed by atoms with Gasteiger partial charge in [0, 0.05) is 6.07 Å². The summed E-state index contributed by atoms with van der Waals surface area (Å²) in [5.41, 5.74) is 0.711. The summed E-state index contributed by atoms with van der Waals surface area (Å²) in [5.74, 6) is 0.0334. The zero-order valence-electron chi connectivity index (χ0n) is 19.4. The highest BCUT2D eigenvalue weighted by Gasteiger charge is 2.47. The summed E-state index contributed by atoms with van der Waals surface area (Å²) >= 11 is 0. The molecule has 2 fully saturated rings. The highest BCUT2D eigenvalue weighted by atomic mass is 32.2. The van der Waals surface area contributed by atoms with E-state index in [4.69, 9.17) is 14.2 Å². The second kappa shape index (κ2) is 9.54. The topological polar surface area (TPSA) is 111 Å². The number of rotatable bonds is 8. The molecule has 1 aliphatic carbocycles. The van der Waals surface area contributed by atoms with Crippen molar-refractivity contribution >= 4 is 27.5 Å². The number of carbonyl (C=O) groups is 2. The van der Waals surface area contributed by atoms with E-state index in [0.29, 0.717) is 17.1 Å². The van der Waals surface area contributed by atoms with Crippen molar-refractivity contribution < 1.29 is 32.2 Å². The van der Waals surface area contributed by atoms with Gasteiger partial charge in [0.1, 0.15) is 22.1 Å². The lowest BCUT2D eigenvalue weighted by atomic mass is 9.81. The molecule has 182 valence electrons. The van der Waals surface area contributed by atoms with Crippen LogP contribution < -0.4 is 18.9 Å². The molecule has 0 aromatic heterocycles. The average molecular weight is 489 g/mol. The second-order valence-corrected chi connectivity index (χ2v) is 10.1. The zero-order valence-corrected chi connectivity index (χ0v) is 20.2. The van der Waals surface area contributed by atoms with Gasteiger partial charge in [-0.05, 0) is 42.7 Å². The molecule has 2 aromatic rings. The Hall–Kier alpha value is -3.27. The lowest BCUT2D eigenvalue weighted by Gasteiger charge is -2.19. The van der Waals surface area contributed by atoms with Gasteiger partial charge in [0.2, 0.25) is 11.8 Å². The molecular weight excluding hydrogens is 460 g/mol. The van der Waals surface area contributed by atoms with E-state index in [1.165, 1.54) is 44.4 Å². The number of fused-ring (bicyclic) bond motifs is 1. The zero-order chi connectivity index (χ0) is 24.5. The van der Waals surface area contributed by atoms with Crippen LogP contribution in [0.5, 0.6) is 17.2 Å². The van der Waals surface area contributed by atoms with Crippen LogP contribution in [0.15, 0.2) is 41.3 Å². The Kier molecular flexibility index (Phi) is 6.70. The van der Waals surface area contributed by atoms with Gasteiger partial charge in [-0.3, -0.25) is 19.2 Å². The lowest BCUT2D eigenvalue weighted by molar-refractivity contribution is -0.140. The third-order valence-electron chi connectivity index (χ3n) is 6.44. The first-order valence-electron chi connectivity index (χ1n) is 11.1. The minimum atomic E-state index is -4.12. The maximum absolute atomic E-state index is 13.3. The first-order valence-corrected chi connectivity index (χ1v) is 12.5. The summed E-state index contributed by atoms with van der Waals surface area (Å²) in [6.45, 7) is 0.0136. The van der Waals surface area contributed by atoms with E-state index in [0.717, 1.165) is 25.7 Å². The van der Waals surface area contributed by atoms with E-state index in [1.54, 1.807) is 18.2 Å². The fourth-order valence-corrected chi connectivity index (χ4v) is 5.97. The normalized spacial score (nSPS) is 20.1. The fraction of sp³-hybridized carbons (Fsp3) is 0.417. The number of hydrogen-bond donors (Lipinski definition) is 1. The van der Waals surface area contributed by atoms with E-state index in [9.17, 15) is 18.0 Å². The van der Waals surface area contributed by atoms with Gasteiger partial charge in [0.15, 0.2) is 0 Å². The van der Waals surface area contributed by atoms with Crippen molar-refractivity contribution in [1.29, 1.82) is 0 Å². The number of benzene rings is 2. The van der Waals surface area contributed by atoms with Crippen molar-refractivity contribution in [1.82, 2.24) is 4.90 Å². The molecule has 0 radical (unpaired) electrons. The number of imide groups is 1. The van der Waals surface area contributed by atoms with E-state index in [-0.39, 0.29) is 46.5 Å². The SMILES string of the molecule is COc1ccc(OC)c(NS(=O)(=O)c2cc(CN3C(=O)C4CCCCC4C3=O)ccc2OC)c1. The summed E-state index contributed by atoms with van der Waals surface area (Å²) in [6, 6.07) is 9.36. The average Bonchev–Trinajstić information content (AvgIpc) is 3.08. The number of methoxy groups -OCH3 is 3. The molecule has 2 unspecified atom stereocenters. The highest BCUT2D eigenvalue weighted by Crippen LogP contribution is 2.39. The minimum Gasteiger partial charge on any atom is -0.497 e. The van der Waals surface area contributed by atoms with Gasteiger partial charge < -0.3 is 14.2 Å².